The average molecular weight is 398 g/mol. The summed E-state index contributed by atoms with van der Waals surface area (Å²) in [5, 5.41) is 0. The summed E-state index contributed by atoms with van der Waals surface area (Å²) >= 11 is 0. The third-order valence-corrected chi connectivity index (χ3v) is 5.90. The predicted octanol–water partition coefficient (Wildman–Crippen LogP) is 2.88. The quantitative estimate of drug-likeness (QED) is 0.488. The zero-order valence-corrected chi connectivity index (χ0v) is 15.8. The Morgan fingerprint density at radius 3 is 2.25 bits per heavy atom. The highest BCUT2D eigenvalue weighted by molar-refractivity contribution is 7.92. The summed E-state index contributed by atoms with van der Waals surface area (Å²) in [5.41, 5.74) is 1.02. The number of nitrogens with one attached hydrogen (secondary N) is 1. The minimum Gasteiger partial charge on any atom is -0.454 e. The molecule has 0 aliphatic rings. The molecular formula is C20H18N2O5S. The van der Waals surface area contributed by atoms with Gasteiger partial charge in [0.15, 0.2) is 6.61 Å². The minimum absolute atomic E-state index is 0.0397. The van der Waals surface area contributed by atoms with Crippen LogP contribution in [-0.4, -0.2) is 38.8 Å². The zero-order valence-electron chi connectivity index (χ0n) is 15.0. The van der Waals surface area contributed by atoms with Crippen LogP contribution in [0, 0.1) is 0 Å². The fraction of sp³-hybridized carbons (Fsp3) is 0.100. The van der Waals surface area contributed by atoms with Crippen molar-refractivity contribution in [2.45, 2.75) is 4.90 Å². The SMILES string of the molecule is CN(c1ccccc1)S(=O)(=O)c1ccc(C(=O)OCC(=O)c2ccc[nH]2)cc1. The Kier molecular flexibility index (Phi) is 5.60. The van der Waals surface area contributed by atoms with E-state index in [2.05, 4.69) is 4.98 Å². The fourth-order valence-corrected chi connectivity index (χ4v) is 3.69. The summed E-state index contributed by atoms with van der Waals surface area (Å²) in [6.07, 6.45) is 1.60. The summed E-state index contributed by atoms with van der Waals surface area (Å²) in [6, 6.07) is 17.3. The number of esters is 1. The standard InChI is InChI=1S/C20H18N2O5S/c1-22(16-6-3-2-4-7-16)28(25,26)17-11-9-15(10-12-17)20(24)27-14-19(23)18-8-5-13-21-18/h2-13,21H,14H2,1H3. The molecule has 0 saturated carbocycles. The van der Waals surface area contributed by atoms with E-state index in [0.29, 0.717) is 11.4 Å². The van der Waals surface area contributed by atoms with Crippen LogP contribution in [0.15, 0.2) is 77.8 Å². The van der Waals surface area contributed by atoms with Crippen molar-refractivity contribution < 1.29 is 22.7 Å². The Hall–Kier alpha value is -3.39. The lowest BCUT2D eigenvalue weighted by molar-refractivity contribution is 0.0473. The van der Waals surface area contributed by atoms with Crippen molar-refractivity contribution >= 4 is 27.5 Å². The number of H-pyrrole nitrogens is 1. The number of hydrogen-bond acceptors (Lipinski definition) is 5. The number of para-hydroxylation sites is 1. The van der Waals surface area contributed by atoms with Crippen LogP contribution in [0.1, 0.15) is 20.8 Å². The van der Waals surface area contributed by atoms with Crippen LogP contribution in [0.25, 0.3) is 0 Å². The molecule has 144 valence electrons. The Morgan fingerprint density at radius 1 is 0.964 bits per heavy atom. The molecule has 3 aromatic rings. The van der Waals surface area contributed by atoms with Gasteiger partial charge in [-0.2, -0.15) is 0 Å². The second-order valence-electron chi connectivity index (χ2n) is 5.92. The maximum atomic E-state index is 12.7. The first-order valence-corrected chi connectivity index (χ1v) is 9.81. The van der Waals surface area contributed by atoms with E-state index in [9.17, 15) is 18.0 Å². The second-order valence-corrected chi connectivity index (χ2v) is 7.88. The molecule has 8 heteroatoms. The summed E-state index contributed by atoms with van der Waals surface area (Å²) < 4.78 is 31.6. The van der Waals surface area contributed by atoms with E-state index in [1.54, 1.807) is 48.7 Å². The molecule has 28 heavy (non-hydrogen) atoms. The molecule has 0 aliphatic heterocycles. The van der Waals surface area contributed by atoms with Gasteiger partial charge in [0.1, 0.15) is 0 Å². The van der Waals surface area contributed by atoms with Crippen LogP contribution in [0.2, 0.25) is 0 Å². The first-order chi connectivity index (χ1) is 13.4. The van der Waals surface area contributed by atoms with Crippen LogP contribution in [-0.2, 0) is 14.8 Å². The number of sulfonamides is 1. The van der Waals surface area contributed by atoms with Crippen LogP contribution >= 0.6 is 0 Å². The zero-order chi connectivity index (χ0) is 20.1. The minimum atomic E-state index is -3.77. The lowest BCUT2D eigenvalue weighted by atomic mass is 10.2. The molecule has 0 amide bonds. The Morgan fingerprint density at radius 2 is 1.64 bits per heavy atom. The molecule has 7 nitrogen and oxygen atoms in total. The van der Waals surface area contributed by atoms with E-state index in [0.717, 1.165) is 4.31 Å². The predicted molar refractivity (Wildman–Crippen MR) is 104 cm³/mol. The van der Waals surface area contributed by atoms with Gasteiger partial charge in [-0.15, -0.1) is 0 Å². The van der Waals surface area contributed by atoms with Crippen molar-refractivity contribution in [1.82, 2.24) is 4.98 Å². The van der Waals surface area contributed by atoms with E-state index in [4.69, 9.17) is 4.74 Å². The number of carbonyl (C=O) groups is 2. The van der Waals surface area contributed by atoms with Gasteiger partial charge in [-0.1, -0.05) is 18.2 Å². The summed E-state index contributed by atoms with van der Waals surface area (Å²) in [4.78, 5) is 26.7. The maximum absolute atomic E-state index is 12.7. The monoisotopic (exact) mass is 398 g/mol. The van der Waals surface area contributed by atoms with Gasteiger partial charge in [0.2, 0.25) is 5.78 Å². The van der Waals surface area contributed by atoms with Crippen molar-refractivity contribution in [3.63, 3.8) is 0 Å². The molecule has 0 fully saturated rings. The van der Waals surface area contributed by atoms with E-state index in [1.807, 2.05) is 0 Å². The van der Waals surface area contributed by atoms with Gasteiger partial charge in [-0.3, -0.25) is 9.10 Å². The molecule has 0 bridgehead atoms. The Balaban J connectivity index is 1.68. The highest BCUT2D eigenvalue weighted by Gasteiger charge is 2.22. The molecule has 1 aromatic heterocycles. The largest absolute Gasteiger partial charge is 0.454 e. The number of ketones is 1. The highest BCUT2D eigenvalue weighted by Crippen LogP contribution is 2.22. The number of Topliss-reactive ketones (excluding diaryl/α,β-unsaturated/α-hetero) is 1. The number of ether oxygens (including phenoxy) is 1. The lowest BCUT2D eigenvalue weighted by Crippen LogP contribution is -2.26. The van der Waals surface area contributed by atoms with Crippen molar-refractivity contribution in [1.29, 1.82) is 0 Å². The molecule has 0 radical (unpaired) electrons. The number of rotatable bonds is 7. The molecule has 1 heterocycles. The van der Waals surface area contributed by atoms with Crippen molar-refractivity contribution in [3.05, 3.63) is 84.2 Å². The topological polar surface area (TPSA) is 96.5 Å². The smallest absolute Gasteiger partial charge is 0.338 e. The van der Waals surface area contributed by atoms with Crippen molar-refractivity contribution in [2.24, 2.45) is 0 Å². The molecule has 1 N–H and O–H groups in total. The van der Waals surface area contributed by atoms with Crippen LogP contribution in [0.4, 0.5) is 5.69 Å². The number of benzene rings is 2. The molecule has 0 unspecified atom stereocenters. The number of aromatic amines is 1. The first kappa shape index (κ1) is 19.4. The molecule has 0 saturated heterocycles. The third kappa shape index (κ3) is 4.12. The highest BCUT2D eigenvalue weighted by atomic mass is 32.2. The van der Waals surface area contributed by atoms with Crippen LogP contribution < -0.4 is 4.31 Å². The van der Waals surface area contributed by atoms with E-state index in [-0.39, 0.29) is 16.2 Å². The van der Waals surface area contributed by atoms with Gasteiger partial charge >= 0.3 is 5.97 Å². The molecule has 2 aromatic carbocycles. The van der Waals surface area contributed by atoms with Gasteiger partial charge < -0.3 is 9.72 Å². The van der Waals surface area contributed by atoms with Gasteiger partial charge in [0, 0.05) is 13.2 Å². The number of hydrogen-bond donors (Lipinski definition) is 1. The van der Waals surface area contributed by atoms with Gasteiger partial charge in [-0.05, 0) is 48.5 Å². The molecule has 0 atom stereocenters. The Bertz CT molecular complexity index is 1060. The maximum Gasteiger partial charge on any atom is 0.338 e. The number of nitrogens with zero attached hydrogens (tertiary/aromatic N) is 1. The molecule has 0 spiro atoms. The van der Waals surface area contributed by atoms with Crippen molar-refractivity contribution in [2.75, 3.05) is 18.0 Å². The van der Waals surface area contributed by atoms with E-state index < -0.39 is 22.6 Å². The first-order valence-electron chi connectivity index (χ1n) is 8.37. The van der Waals surface area contributed by atoms with Crippen LogP contribution in [0.5, 0.6) is 0 Å². The van der Waals surface area contributed by atoms with Gasteiger partial charge in [0.25, 0.3) is 10.0 Å². The Labute approximate surface area is 162 Å². The number of aromatic nitrogens is 1. The molecule has 3 rings (SSSR count). The summed E-state index contributed by atoms with van der Waals surface area (Å²) in [7, 11) is -2.31. The number of anilines is 1. The third-order valence-electron chi connectivity index (χ3n) is 4.10. The second kappa shape index (κ2) is 8.10. The van der Waals surface area contributed by atoms with E-state index in [1.165, 1.54) is 31.3 Å². The van der Waals surface area contributed by atoms with Crippen LogP contribution in [0.3, 0.4) is 0 Å². The van der Waals surface area contributed by atoms with E-state index >= 15 is 0 Å². The van der Waals surface area contributed by atoms with Crippen molar-refractivity contribution in [3.8, 4) is 0 Å². The van der Waals surface area contributed by atoms with Gasteiger partial charge in [0.05, 0.1) is 21.8 Å². The summed E-state index contributed by atoms with van der Waals surface area (Å²) in [5.74, 6) is -1.07. The normalized spacial score (nSPS) is 11.0. The van der Waals surface area contributed by atoms with Gasteiger partial charge in [-0.25, -0.2) is 13.2 Å². The number of carbonyl (C=O) groups excluding carboxylic acids is 2. The molecular weight excluding hydrogens is 380 g/mol. The lowest BCUT2D eigenvalue weighted by Gasteiger charge is -2.19. The molecule has 0 aliphatic carbocycles. The average Bonchev–Trinajstić information content (AvgIpc) is 3.27. The summed E-state index contributed by atoms with van der Waals surface area (Å²) in [6.45, 7) is -0.407. The fourth-order valence-electron chi connectivity index (χ4n) is 2.49.